The van der Waals surface area contributed by atoms with Crippen LogP contribution < -0.4 is 0 Å². The summed E-state index contributed by atoms with van der Waals surface area (Å²) in [5, 5.41) is 0. The first-order chi connectivity index (χ1) is 8.34. The van der Waals surface area contributed by atoms with Crippen LogP contribution in [0.4, 0.5) is 0 Å². The zero-order valence-electron chi connectivity index (χ0n) is 9.93. The fraction of sp³-hybridized carbons (Fsp3) is 0.200. The summed E-state index contributed by atoms with van der Waals surface area (Å²) < 4.78 is 0. The van der Waals surface area contributed by atoms with Crippen LogP contribution in [0.1, 0.15) is 5.56 Å². The van der Waals surface area contributed by atoms with Gasteiger partial charge >= 0.3 is 0 Å². The molecule has 0 aliphatic heterocycles. The van der Waals surface area contributed by atoms with Gasteiger partial charge in [-0.2, -0.15) is 0 Å². The number of benzene rings is 2. The zero-order chi connectivity index (χ0) is 11.9. The van der Waals surface area contributed by atoms with Crippen LogP contribution in [-0.4, -0.2) is 11.5 Å². The molecule has 0 heterocycles. The highest BCUT2D eigenvalue weighted by molar-refractivity contribution is 8.03. The third kappa shape index (κ3) is 4.49. The van der Waals surface area contributed by atoms with Crippen LogP contribution in [0, 0.1) is 6.92 Å². The van der Waals surface area contributed by atoms with E-state index in [2.05, 4.69) is 61.5 Å². The lowest BCUT2D eigenvalue weighted by Gasteiger charge is -2.03. The molecule has 0 aliphatic carbocycles. The molecule has 0 saturated carbocycles. The Bertz CT molecular complexity index is 451. The molecule has 0 spiro atoms. The summed E-state index contributed by atoms with van der Waals surface area (Å²) in [6.45, 7) is 2.14. The number of hydrogen-bond donors (Lipinski definition) is 0. The fourth-order valence-electron chi connectivity index (χ4n) is 1.54. The highest BCUT2D eigenvalue weighted by Crippen LogP contribution is 2.23. The van der Waals surface area contributed by atoms with Crippen LogP contribution >= 0.6 is 23.5 Å². The van der Waals surface area contributed by atoms with E-state index in [4.69, 9.17) is 0 Å². The molecule has 0 bridgehead atoms. The molecule has 0 atom stereocenters. The van der Waals surface area contributed by atoms with Crippen LogP contribution in [0.2, 0.25) is 0 Å². The Morgan fingerprint density at radius 1 is 0.765 bits per heavy atom. The van der Waals surface area contributed by atoms with Gasteiger partial charge in [-0.3, -0.25) is 0 Å². The second-order valence-corrected chi connectivity index (χ2v) is 6.16. The second-order valence-electron chi connectivity index (χ2n) is 3.83. The maximum Gasteiger partial charge on any atom is 0.00748 e. The van der Waals surface area contributed by atoms with Gasteiger partial charge in [0.2, 0.25) is 0 Å². The molecular weight excluding hydrogens is 244 g/mol. The maximum absolute atomic E-state index is 2.25. The fourth-order valence-corrected chi connectivity index (χ4v) is 3.47. The van der Waals surface area contributed by atoms with Crippen LogP contribution in [0.15, 0.2) is 64.4 Å². The van der Waals surface area contributed by atoms with Crippen molar-refractivity contribution in [3.05, 3.63) is 60.2 Å². The van der Waals surface area contributed by atoms with Gasteiger partial charge in [-0.15, -0.1) is 23.5 Å². The number of aryl methyl sites for hydroxylation is 1. The summed E-state index contributed by atoms with van der Waals surface area (Å²) in [6.07, 6.45) is 0. The first-order valence-corrected chi connectivity index (χ1v) is 7.69. The van der Waals surface area contributed by atoms with E-state index in [9.17, 15) is 0 Å². The summed E-state index contributed by atoms with van der Waals surface area (Å²) >= 11 is 3.86. The molecule has 88 valence electrons. The monoisotopic (exact) mass is 260 g/mol. The van der Waals surface area contributed by atoms with E-state index >= 15 is 0 Å². The van der Waals surface area contributed by atoms with Crippen molar-refractivity contribution >= 4 is 23.5 Å². The van der Waals surface area contributed by atoms with Crippen LogP contribution in [-0.2, 0) is 0 Å². The molecule has 0 unspecified atom stereocenters. The molecule has 0 aromatic heterocycles. The maximum atomic E-state index is 2.25. The molecule has 0 radical (unpaired) electrons. The van der Waals surface area contributed by atoms with E-state index in [-0.39, 0.29) is 0 Å². The van der Waals surface area contributed by atoms with Gasteiger partial charge in [-0.05, 0) is 31.2 Å². The number of hydrogen-bond acceptors (Lipinski definition) is 2. The van der Waals surface area contributed by atoms with Crippen molar-refractivity contribution in [3.8, 4) is 0 Å². The van der Waals surface area contributed by atoms with Gasteiger partial charge in [-0.1, -0.05) is 35.9 Å². The van der Waals surface area contributed by atoms with Crippen molar-refractivity contribution < 1.29 is 0 Å². The second kappa shape index (κ2) is 6.77. The van der Waals surface area contributed by atoms with Crippen molar-refractivity contribution in [1.82, 2.24) is 0 Å². The molecule has 0 fully saturated rings. The topological polar surface area (TPSA) is 0 Å². The SMILES string of the molecule is Cc1cccc(SCCSc2ccccc2)c1. The molecule has 0 N–H and O–H groups in total. The van der Waals surface area contributed by atoms with E-state index < -0.39 is 0 Å². The van der Waals surface area contributed by atoms with Gasteiger partial charge in [0.15, 0.2) is 0 Å². The summed E-state index contributed by atoms with van der Waals surface area (Å²) in [5.41, 5.74) is 1.34. The minimum absolute atomic E-state index is 1.16. The quantitative estimate of drug-likeness (QED) is 0.555. The molecule has 0 nitrogen and oxygen atoms in total. The van der Waals surface area contributed by atoms with Gasteiger partial charge in [0.1, 0.15) is 0 Å². The molecule has 2 aromatic rings. The van der Waals surface area contributed by atoms with Gasteiger partial charge in [0.25, 0.3) is 0 Å². The van der Waals surface area contributed by atoms with E-state index in [1.54, 1.807) is 0 Å². The van der Waals surface area contributed by atoms with Gasteiger partial charge in [-0.25, -0.2) is 0 Å². The molecule has 2 heteroatoms. The third-order valence-corrected chi connectivity index (χ3v) is 4.62. The van der Waals surface area contributed by atoms with Crippen LogP contribution in [0.3, 0.4) is 0 Å². The number of thioether (sulfide) groups is 2. The molecule has 0 amide bonds. The van der Waals surface area contributed by atoms with E-state index in [1.165, 1.54) is 15.4 Å². The lowest BCUT2D eigenvalue weighted by atomic mass is 10.2. The van der Waals surface area contributed by atoms with Crippen molar-refractivity contribution in [2.24, 2.45) is 0 Å². The highest BCUT2D eigenvalue weighted by atomic mass is 32.2. The van der Waals surface area contributed by atoms with Gasteiger partial charge in [0.05, 0.1) is 0 Å². The Kier molecular flexibility index (Phi) is 5.02. The Morgan fingerprint density at radius 2 is 1.41 bits per heavy atom. The number of rotatable bonds is 5. The van der Waals surface area contributed by atoms with E-state index in [0.717, 1.165) is 11.5 Å². The van der Waals surface area contributed by atoms with Crippen LogP contribution in [0.25, 0.3) is 0 Å². The standard InChI is InChI=1S/C15H16S2/c1-13-6-5-9-15(12-13)17-11-10-16-14-7-3-2-4-8-14/h2-9,12H,10-11H2,1H3. The Labute approximate surface area is 112 Å². The average molecular weight is 260 g/mol. The molecular formula is C15H16S2. The Balaban J connectivity index is 1.73. The van der Waals surface area contributed by atoms with Crippen LogP contribution in [0.5, 0.6) is 0 Å². The molecule has 0 saturated heterocycles. The summed E-state index contributed by atoms with van der Waals surface area (Å²) in [7, 11) is 0. The zero-order valence-corrected chi connectivity index (χ0v) is 11.6. The molecule has 2 aromatic carbocycles. The summed E-state index contributed by atoms with van der Waals surface area (Å²) in [6, 6.07) is 19.3. The predicted octanol–water partition coefficient (Wildman–Crippen LogP) is 4.88. The average Bonchev–Trinajstić information content (AvgIpc) is 2.36. The van der Waals surface area contributed by atoms with Crippen molar-refractivity contribution in [3.63, 3.8) is 0 Å². The smallest absolute Gasteiger partial charge is 0.00748 e. The minimum atomic E-state index is 1.16. The lowest BCUT2D eigenvalue weighted by Crippen LogP contribution is -1.84. The third-order valence-electron chi connectivity index (χ3n) is 2.35. The molecule has 0 aliphatic rings. The van der Waals surface area contributed by atoms with Gasteiger partial charge in [0, 0.05) is 21.3 Å². The molecule has 17 heavy (non-hydrogen) atoms. The predicted molar refractivity (Wildman–Crippen MR) is 79.1 cm³/mol. The highest BCUT2D eigenvalue weighted by Gasteiger charge is 1.96. The Hall–Kier alpha value is -0.860. The summed E-state index contributed by atoms with van der Waals surface area (Å²) in [5.74, 6) is 2.31. The first-order valence-electron chi connectivity index (χ1n) is 5.72. The van der Waals surface area contributed by atoms with Gasteiger partial charge < -0.3 is 0 Å². The Morgan fingerprint density at radius 3 is 2.12 bits per heavy atom. The normalized spacial score (nSPS) is 10.4. The first kappa shape index (κ1) is 12.6. The summed E-state index contributed by atoms with van der Waals surface area (Å²) in [4.78, 5) is 2.73. The lowest BCUT2D eigenvalue weighted by molar-refractivity contribution is 1.35. The minimum Gasteiger partial charge on any atom is -0.125 e. The van der Waals surface area contributed by atoms with Crippen molar-refractivity contribution in [2.45, 2.75) is 16.7 Å². The van der Waals surface area contributed by atoms with E-state index in [1.807, 2.05) is 23.5 Å². The largest absolute Gasteiger partial charge is 0.125 e. The molecule has 2 rings (SSSR count). The van der Waals surface area contributed by atoms with Crippen molar-refractivity contribution in [2.75, 3.05) is 11.5 Å². The van der Waals surface area contributed by atoms with Crippen molar-refractivity contribution in [1.29, 1.82) is 0 Å². The van der Waals surface area contributed by atoms with E-state index in [0.29, 0.717) is 0 Å².